The second kappa shape index (κ2) is 8.34. The summed E-state index contributed by atoms with van der Waals surface area (Å²) in [6.45, 7) is -0.876. The van der Waals surface area contributed by atoms with Gasteiger partial charge in [-0.3, -0.25) is 4.79 Å². The Bertz CT molecular complexity index is 1280. The largest absolute Gasteiger partial charge is 0.508 e. The summed E-state index contributed by atoms with van der Waals surface area (Å²) in [5, 5.41) is 59.9. The van der Waals surface area contributed by atoms with Crippen LogP contribution >= 0.6 is 0 Å². The van der Waals surface area contributed by atoms with E-state index in [0.29, 0.717) is 0 Å². The topological polar surface area (TPSA) is 189 Å². The summed E-state index contributed by atoms with van der Waals surface area (Å²) >= 11 is 0. The molecule has 34 heavy (non-hydrogen) atoms. The van der Waals surface area contributed by atoms with Gasteiger partial charge in [0.2, 0.25) is 30.0 Å². The third kappa shape index (κ3) is 3.48. The van der Waals surface area contributed by atoms with Gasteiger partial charge in [-0.25, -0.2) is 0 Å². The fourth-order valence-corrected chi connectivity index (χ4v) is 3.87. The summed E-state index contributed by atoms with van der Waals surface area (Å²) in [5.41, 5.74) is -0.637. The standard InChI is InChI=1S/C22H20O12/c23-6-12-14(25)17(28)18(29)22(33-12)34-21-16(27)13-10(5-11-20(15(13)26)31-7-30-11)32-19(21)8-1-3-9(24)4-2-8/h1-5,12,14,17-18,22-26,28-29H,6-7H2/t12-,14-,17?,18?,22-/m1/s1. The second-order valence-corrected chi connectivity index (χ2v) is 7.78. The van der Waals surface area contributed by atoms with E-state index in [4.69, 9.17) is 23.4 Å². The molecule has 1 saturated heterocycles. The van der Waals surface area contributed by atoms with Crippen LogP contribution in [-0.4, -0.2) is 74.7 Å². The van der Waals surface area contributed by atoms with Crippen molar-refractivity contribution in [3.8, 4) is 40.1 Å². The predicted molar refractivity (Wildman–Crippen MR) is 112 cm³/mol. The molecule has 0 radical (unpaired) electrons. The molecule has 5 atom stereocenters. The average Bonchev–Trinajstić information content (AvgIpc) is 3.30. The van der Waals surface area contributed by atoms with E-state index in [1.54, 1.807) is 0 Å². The lowest BCUT2D eigenvalue weighted by Crippen LogP contribution is -2.60. The van der Waals surface area contributed by atoms with E-state index in [-0.39, 0.29) is 46.3 Å². The van der Waals surface area contributed by atoms with Gasteiger partial charge in [-0.1, -0.05) is 0 Å². The van der Waals surface area contributed by atoms with Crippen LogP contribution in [0.4, 0.5) is 0 Å². The van der Waals surface area contributed by atoms with Gasteiger partial charge in [0.05, 0.1) is 6.61 Å². The summed E-state index contributed by atoms with van der Waals surface area (Å²) < 4.78 is 27.4. The first kappa shape index (κ1) is 22.3. The Morgan fingerprint density at radius 3 is 2.44 bits per heavy atom. The van der Waals surface area contributed by atoms with Gasteiger partial charge >= 0.3 is 0 Å². The van der Waals surface area contributed by atoms with Gasteiger partial charge in [-0.05, 0) is 24.3 Å². The molecule has 0 amide bonds. The predicted octanol–water partition coefficient (Wildman–Crippen LogP) is -0.221. The number of phenolic OH excluding ortho intramolecular Hbond substituents is 2. The molecule has 2 unspecified atom stereocenters. The molecule has 12 heteroatoms. The quantitative estimate of drug-likeness (QED) is 0.291. The Hall–Kier alpha value is -3.55. The minimum atomic E-state index is -1.80. The maximum absolute atomic E-state index is 13.5. The third-order valence-corrected chi connectivity index (χ3v) is 5.67. The van der Waals surface area contributed by atoms with E-state index in [1.165, 1.54) is 30.3 Å². The van der Waals surface area contributed by atoms with Crippen molar-refractivity contribution in [1.82, 2.24) is 0 Å². The molecule has 3 heterocycles. The van der Waals surface area contributed by atoms with Gasteiger partial charge in [0, 0.05) is 11.6 Å². The molecule has 2 aliphatic heterocycles. The lowest BCUT2D eigenvalue weighted by molar-refractivity contribution is -0.277. The van der Waals surface area contributed by atoms with Crippen molar-refractivity contribution in [2.45, 2.75) is 30.7 Å². The van der Waals surface area contributed by atoms with Crippen molar-refractivity contribution in [1.29, 1.82) is 0 Å². The highest BCUT2D eigenvalue weighted by Crippen LogP contribution is 2.46. The van der Waals surface area contributed by atoms with Crippen molar-refractivity contribution in [2.24, 2.45) is 0 Å². The molecular weight excluding hydrogens is 456 g/mol. The number of aromatic hydroxyl groups is 2. The molecule has 0 aliphatic carbocycles. The minimum Gasteiger partial charge on any atom is -0.508 e. The van der Waals surface area contributed by atoms with Crippen LogP contribution in [0.15, 0.2) is 39.5 Å². The Morgan fingerprint density at radius 2 is 1.74 bits per heavy atom. The molecule has 0 saturated carbocycles. The monoisotopic (exact) mass is 476 g/mol. The number of hydrogen-bond donors (Lipinski definition) is 6. The van der Waals surface area contributed by atoms with Gasteiger partial charge in [0.25, 0.3) is 0 Å². The Labute approximate surface area is 190 Å². The number of aliphatic hydroxyl groups excluding tert-OH is 4. The van der Waals surface area contributed by atoms with E-state index >= 15 is 0 Å². The number of phenols is 2. The summed E-state index contributed by atoms with van der Waals surface area (Å²) in [7, 11) is 0. The van der Waals surface area contributed by atoms with Gasteiger partial charge in [-0.15, -0.1) is 0 Å². The van der Waals surface area contributed by atoms with Crippen molar-refractivity contribution < 1.29 is 54.0 Å². The zero-order valence-corrected chi connectivity index (χ0v) is 17.3. The highest BCUT2D eigenvalue weighted by Gasteiger charge is 2.45. The SMILES string of the molecule is O=c1c(O[C@H]2O[C@H](CO)[C@@H](O)C(O)C2O)c(-c2ccc(O)cc2)oc2cc3c(c(O)c12)OCO3. The first-order valence-corrected chi connectivity index (χ1v) is 10.2. The number of ether oxygens (including phenoxy) is 4. The van der Waals surface area contributed by atoms with Crippen molar-refractivity contribution in [3.05, 3.63) is 40.6 Å². The highest BCUT2D eigenvalue weighted by atomic mass is 16.7. The zero-order chi connectivity index (χ0) is 24.1. The first-order chi connectivity index (χ1) is 16.3. The molecule has 6 N–H and O–H groups in total. The molecule has 0 bridgehead atoms. The molecule has 2 aromatic carbocycles. The lowest BCUT2D eigenvalue weighted by atomic mass is 9.99. The molecular formula is C22H20O12. The molecule has 12 nitrogen and oxygen atoms in total. The van der Waals surface area contributed by atoms with E-state index < -0.39 is 54.2 Å². The first-order valence-electron chi connectivity index (χ1n) is 10.2. The number of fused-ring (bicyclic) bond motifs is 2. The number of rotatable bonds is 4. The van der Waals surface area contributed by atoms with E-state index in [1.807, 2.05) is 0 Å². The summed E-state index contributed by atoms with van der Waals surface area (Å²) in [6.07, 6.45) is -8.15. The van der Waals surface area contributed by atoms with Gasteiger partial charge in [-0.2, -0.15) is 0 Å². The summed E-state index contributed by atoms with van der Waals surface area (Å²) in [6, 6.07) is 6.92. The average molecular weight is 476 g/mol. The smallest absolute Gasteiger partial charge is 0.239 e. The van der Waals surface area contributed by atoms with E-state index in [0.717, 1.165) is 0 Å². The number of benzene rings is 2. The molecule has 0 spiro atoms. The maximum Gasteiger partial charge on any atom is 0.239 e. The normalized spacial score (nSPS) is 26.1. The van der Waals surface area contributed by atoms with Crippen LogP contribution in [0, 0.1) is 0 Å². The van der Waals surface area contributed by atoms with Crippen LogP contribution in [0.1, 0.15) is 0 Å². The Morgan fingerprint density at radius 1 is 1.00 bits per heavy atom. The van der Waals surface area contributed by atoms with Crippen molar-refractivity contribution in [2.75, 3.05) is 13.4 Å². The third-order valence-electron chi connectivity index (χ3n) is 5.67. The van der Waals surface area contributed by atoms with Gasteiger partial charge in [0.1, 0.15) is 41.1 Å². The van der Waals surface area contributed by atoms with Crippen LogP contribution in [0.3, 0.4) is 0 Å². The maximum atomic E-state index is 13.5. The fourth-order valence-electron chi connectivity index (χ4n) is 3.87. The summed E-state index contributed by atoms with van der Waals surface area (Å²) in [4.78, 5) is 13.5. The van der Waals surface area contributed by atoms with Crippen LogP contribution in [0.5, 0.6) is 28.7 Å². The van der Waals surface area contributed by atoms with Crippen LogP contribution in [0.2, 0.25) is 0 Å². The minimum absolute atomic E-state index is 0.0516. The van der Waals surface area contributed by atoms with E-state index in [9.17, 15) is 35.4 Å². The van der Waals surface area contributed by atoms with Crippen LogP contribution < -0.4 is 19.6 Å². The van der Waals surface area contributed by atoms with Gasteiger partial charge in [0.15, 0.2) is 17.3 Å². The molecule has 3 aromatic rings. The summed E-state index contributed by atoms with van der Waals surface area (Å²) in [5.74, 6) is -1.15. The van der Waals surface area contributed by atoms with Gasteiger partial charge < -0.3 is 54.0 Å². The molecule has 5 rings (SSSR count). The van der Waals surface area contributed by atoms with Crippen LogP contribution in [0.25, 0.3) is 22.3 Å². The number of aliphatic hydroxyl groups is 4. The fraction of sp³-hybridized carbons (Fsp3) is 0.318. The lowest BCUT2D eigenvalue weighted by Gasteiger charge is -2.39. The molecule has 180 valence electrons. The molecule has 1 fully saturated rings. The molecule has 2 aliphatic rings. The number of hydrogen-bond acceptors (Lipinski definition) is 12. The van der Waals surface area contributed by atoms with Crippen LogP contribution in [-0.2, 0) is 4.74 Å². The van der Waals surface area contributed by atoms with Crippen molar-refractivity contribution >= 4 is 11.0 Å². The van der Waals surface area contributed by atoms with Crippen molar-refractivity contribution in [3.63, 3.8) is 0 Å². The molecule has 1 aromatic heterocycles. The Balaban J connectivity index is 1.69. The second-order valence-electron chi connectivity index (χ2n) is 7.78. The Kier molecular flexibility index (Phi) is 5.46. The zero-order valence-electron chi connectivity index (χ0n) is 17.3. The van der Waals surface area contributed by atoms with E-state index in [2.05, 4.69) is 0 Å². The highest BCUT2D eigenvalue weighted by molar-refractivity contribution is 5.91.